The van der Waals surface area contributed by atoms with Crippen LogP contribution in [0.3, 0.4) is 0 Å². The zero-order chi connectivity index (χ0) is 23.8. The van der Waals surface area contributed by atoms with Gasteiger partial charge in [0.25, 0.3) is 0 Å². The van der Waals surface area contributed by atoms with E-state index in [2.05, 4.69) is 60.4 Å². The summed E-state index contributed by atoms with van der Waals surface area (Å²) in [7, 11) is 1.69. The van der Waals surface area contributed by atoms with E-state index in [9.17, 15) is 4.79 Å². The van der Waals surface area contributed by atoms with Gasteiger partial charge in [0.15, 0.2) is 4.96 Å². The normalized spacial score (nSPS) is 15.0. The van der Waals surface area contributed by atoms with E-state index in [0.29, 0.717) is 12.3 Å². The Morgan fingerprint density at radius 3 is 2.50 bits per heavy atom. The maximum atomic E-state index is 12.5. The number of methoxy groups -OCH3 is 1. The SMILES string of the molecule is COc1ccc(-c2nc3sc4cc(C)ccc4n3c2CN2CCN(C(=O)CC(C)C)CC2)cc1. The second-order valence-electron chi connectivity index (χ2n) is 9.58. The molecule has 178 valence electrons. The van der Waals surface area contributed by atoms with Gasteiger partial charge < -0.3 is 9.64 Å². The summed E-state index contributed by atoms with van der Waals surface area (Å²) in [6, 6.07) is 14.8. The van der Waals surface area contributed by atoms with Gasteiger partial charge in [-0.05, 0) is 54.8 Å². The molecule has 0 radical (unpaired) electrons. The van der Waals surface area contributed by atoms with Crippen LogP contribution in [-0.2, 0) is 11.3 Å². The summed E-state index contributed by atoms with van der Waals surface area (Å²) in [6.45, 7) is 10.5. The van der Waals surface area contributed by atoms with Crippen LogP contribution in [0, 0.1) is 12.8 Å². The molecule has 5 rings (SSSR count). The Hall–Kier alpha value is -2.90. The van der Waals surface area contributed by atoms with Gasteiger partial charge in [0.1, 0.15) is 5.75 Å². The molecule has 6 nitrogen and oxygen atoms in total. The van der Waals surface area contributed by atoms with E-state index in [-0.39, 0.29) is 5.91 Å². The number of aryl methyl sites for hydroxylation is 1. The molecule has 0 saturated carbocycles. The maximum absolute atomic E-state index is 12.5. The topological polar surface area (TPSA) is 50.1 Å². The highest BCUT2D eigenvalue weighted by Crippen LogP contribution is 2.34. The highest BCUT2D eigenvalue weighted by atomic mass is 32.1. The third kappa shape index (κ3) is 4.42. The number of carbonyl (C=O) groups excluding carboxylic acids is 1. The highest BCUT2D eigenvalue weighted by Gasteiger charge is 2.25. The summed E-state index contributed by atoms with van der Waals surface area (Å²) >= 11 is 1.74. The minimum absolute atomic E-state index is 0.277. The average Bonchev–Trinajstić information content (AvgIpc) is 3.35. The Balaban J connectivity index is 1.48. The first kappa shape index (κ1) is 22.9. The molecule has 1 amide bonds. The lowest BCUT2D eigenvalue weighted by molar-refractivity contribution is -0.133. The van der Waals surface area contributed by atoms with Crippen molar-refractivity contribution in [3.05, 3.63) is 53.7 Å². The first-order valence-corrected chi connectivity index (χ1v) is 12.8. The van der Waals surface area contributed by atoms with E-state index in [0.717, 1.165) is 54.7 Å². The van der Waals surface area contributed by atoms with Gasteiger partial charge in [-0.25, -0.2) is 4.98 Å². The molecule has 3 heterocycles. The molecular weight excluding hydrogens is 444 g/mol. The van der Waals surface area contributed by atoms with Gasteiger partial charge in [-0.2, -0.15) is 0 Å². The Labute approximate surface area is 204 Å². The number of hydrogen-bond donors (Lipinski definition) is 0. The van der Waals surface area contributed by atoms with Crippen molar-refractivity contribution < 1.29 is 9.53 Å². The van der Waals surface area contributed by atoms with Gasteiger partial charge in [0.2, 0.25) is 5.91 Å². The number of carbonyl (C=O) groups is 1. The zero-order valence-corrected chi connectivity index (χ0v) is 21.2. The number of piperazine rings is 1. The first-order valence-electron chi connectivity index (χ1n) is 12.0. The van der Waals surface area contributed by atoms with Crippen LogP contribution in [0.1, 0.15) is 31.5 Å². The number of amides is 1. The second kappa shape index (κ2) is 9.39. The predicted octanol–water partition coefficient (Wildman–Crippen LogP) is 5.22. The molecular formula is C27H32N4O2S. The van der Waals surface area contributed by atoms with Crippen LogP contribution < -0.4 is 4.74 Å². The lowest BCUT2D eigenvalue weighted by Gasteiger charge is -2.35. The smallest absolute Gasteiger partial charge is 0.222 e. The van der Waals surface area contributed by atoms with Crippen molar-refractivity contribution >= 4 is 32.4 Å². The summed E-state index contributed by atoms with van der Waals surface area (Å²) in [5, 5.41) is 0. The van der Waals surface area contributed by atoms with Crippen LogP contribution in [0.15, 0.2) is 42.5 Å². The predicted molar refractivity (Wildman–Crippen MR) is 139 cm³/mol. The molecule has 0 spiro atoms. The van der Waals surface area contributed by atoms with Crippen molar-refractivity contribution in [3.63, 3.8) is 0 Å². The van der Waals surface area contributed by atoms with E-state index < -0.39 is 0 Å². The molecule has 2 aromatic heterocycles. The summed E-state index contributed by atoms with van der Waals surface area (Å²) < 4.78 is 8.95. The molecule has 0 aliphatic carbocycles. The van der Waals surface area contributed by atoms with E-state index in [1.54, 1.807) is 18.4 Å². The quantitative estimate of drug-likeness (QED) is 0.383. The number of aromatic nitrogens is 2. The number of fused-ring (bicyclic) bond motifs is 3. The number of nitrogens with zero attached hydrogens (tertiary/aromatic N) is 4. The van der Waals surface area contributed by atoms with Crippen LogP contribution in [0.5, 0.6) is 5.75 Å². The Morgan fingerprint density at radius 1 is 1.09 bits per heavy atom. The van der Waals surface area contributed by atoms with Crippen molar-refractivity contribution in [1.82, 2.24) is 19.2 Å². The monoisotopic (exact) mass is 476 g/mol. The Kier molecular flexibility index (Phi) is 6.32. The van der Waals surface area contributed by atoms with Crippen LogP contribution in [0.25, 0.3) is 26.4 Å². The number of rotatable bonds is 6. The van der Waals surface area contributed by atoms with Gasteiger partial charge in [0.05, 0.1) is 28.7 Å². The first-order chi connectivity index (χ1) is 16.4. The van der Waals surface area contributed by atoms with Crippen molar-refractivity contribution in [1.29, 1.82) is 0 Å². The minimum atomic E-state index is 0.277. The van der Waals surface area contributed by atoms with Gasteiger partial charge in [-0.3, -0.25) is 14.1 Å². The summed E-state index contributed by atoms with van der Waals surface area (Å²) in [5.74, 6) is 1.52. The maximum Gasteiger partial charge on any atom is 0.222 e. The third-order valence-electron chi connectivity index (χ3n) is 6.54. The standard InChI is InChI=1S/C27H32N4O2S/c1-18(2)15-25(32)30-13-11-29(12-14-30)17-23-26(20-6-8-21(33-4)9-7-20)28-27-31(23)22-10-5-19(3)16-24(22)34-27/h5-10,16,18H,11-15,17H2,1-4H3. The summed E-state index contributed by atoms with van der Waals surface area (Å²) in [5.41, 5.74) is 5.79. The summed E-state index contributed by atoms with van der Waals surface area (Å²) in [6.07, 6.45) is 0.630. The highest BCUT2D eigenvalue weighted by molar-refractivity contribution is 7.23. The molecule has 4 aromatic rings. The van der Waals surface area contributed by atoms with Gasteiger partial charge in [-0.1, -0.05) is 31.3 Å². The molecule has 1 saturated heterocycles. The fourth-order valence-corrected chi connectivity index (χ4v) is 5.85. The molecule has 7 heteroatoms. The molecule has 2 aromatic carbocycles. The molecule has 0 N–H and O–H groups in total. The van der Waals surface area contributed by atoms with Crippen LogP contribution in [0.4, 0.5) is 0 Å². The Morgan fingerprint density at radius 2 is 1.82 bits per heavy atom. The largest absolute Gasteiger partial charge is 0.497 e. The van der Waals surface area contributed by atoms with E-state index in [1.165, 1.54) is 21.5 Å². The molecule has 0 atom stereocenters. The molecule has 34 heavy (non-hydrogen) atoms. The van der Waals surface area contributed by atoms with E-state index in [4.69, 9.17) is 9.72 Å². The number of imidazole rings is 1. The van der Waals surface area contributed by atoms with Crippen molar-refractivity contribution in [3.8, 4) is 17.0 Å². The molecule has 1 fully saturated rings. The lowest BCUT2D eigenvalue weighted by atomic mass is 10.1. The molecule has 1 aliphatic heterocycles. The van der Waals surface area contributed by atoms with Crippen molar-refractivity contribution in [2.24, 2.45) is 5.92 Å². The van der Waals surface area contributed by atoms with Gasteiger partial charge in [0, 0.05) is 44.7 Å². The van der Waals surface area contributed by atoms with Gasteiger partial charge in [-0.15, -0.1) is 0 Å². The lowest BCUT2D eigenvalue weighted by Crippen LogP contribution is -2.48. The van der Waals surface area contributed by atoms with E-state index >= 15 is 0 Å². The number of benzene rings is 2. The number of hydrogen-bond acceptors (Lipinski definition) is 5. The Bertz CT molecular complexity index is 1310. The van der Waals surface area contributed by atoms with Crippen LogP contribution >= 0.6 is 11.3 Å². The fraction of sp³-hybridized carbons (Fsp3) is 0.407. The number of ether oxygens (including phenoxy) is 1. The molecule has 0 bridgehead atoms. The second-order valence-corrected chi connectivity index (χ2v) is 10.6. The molecule has 1 aliphatic rings. The average molecular weight is 477 g/mol. The third-order valence-corrected chi connectivity index (χ3v) is 7.55. The summed E-state index contributed by atoms with van der Waals surface area (Å²) in [4.78, 5) is 23.1. The van der Waals surface area contributed by atoms with Gasteiger partial charge >= 0.3 is 0 Å². The number of thiazole rings is 1. The van der Waals surface area contributed by atoms with Crippen molar-refractivity contribution in [2.45, 2.75) is 33.7 Å². The molecule has 0 unspecified atom stereocenters. The van der Waals surface area contributed by atoms with Crippen LogP contribution in [0.2, 0.25) is 0 Å². The van der Waals surface area contributed by atoms with Crippen molar-refractivity contribution in [2.75, 3.05) is 33.3 Å². The fourth-order valence-electron chi connectivity index (χ4n) is 4.71. The van der Waals surface area contributed by atoms with Crippen LogP contribution in [-0.4, -0.2) is 58.4 Å². The zero-order valence-electron chi connectivity index (χ0n) is 20.4. The minimum Gasteiger partial charge on any atom is -0.497 e. The van der Waals surface area contributed by atoms with E-state index in [1.807, 2.05) is 17.0 Å².